The van der Waals surface area contributed by atoms with Crippen LogP contribution in [0.15, 0.2) is 54.6 Å². The Morgan fingerprint density at radius 3 is 2.26 bits per heavy atom. The third-order valence-corrected chi connectivity index (χ3v) is 2.94. The van der Waals surface area contributed by atoms with Gasteiger partial charge in [-0.25, -0.2) is 0 Å². The van der Waals surface area contributed by atoms with Crippen LogP contribution in [0, 0.1) is 21.4 Å². The number of non-ortho nitro benzene ring substituents is 1. The second-order valence-corrected chi connectivity index (χ2v) is 4.22. The van der Waals surface area contributed by atoms with Crippen molar-refractivity contribution in [3.05, 3.63) is 75.8 Å². The Bertz CT molecular complexity index is 600. The third-order valence-electron chi connectivity index (χ3n) is 2.94. The average Bonchev–Trinajstić information content (AvgIpc) is 2.46. The van der Waals surface area contributed by atoms with Gasteiger partial charge in [0.25, 0.3) is 5.69 Å². The second kappa shape index (κ2) is 5.78. The molecule has 0 heterocycles. The topological polar surface area (TPSA) is 66.9 Å². The molecule has 94 valence electrons. The zero-order chi connectivity index (χ0) is 13.7. The van der Waals surface area contributed by atoms with Crippen LogP contribution in [0.1, 0.15) is 17.0 Å². The Kier molecular flexibility index (Phi) is 3.89. The highest BCUT2D eigenvalue weighted by molar-refractivity contribution is 5.37. The standard InChI is InChI=1S/C15H12N2O2/c16-11-14(10-12-4-2-1-3-5-12)13-6-8-15(9-7-13)17(18)19/h1-9,14H,10H2. The quantitative estimate of drug-likeness (QED) is 0.618. The normalized spacial score (nSPS) is 11.5. The van der Waals surface area contributed by atoms with Crippen molar-refractivity contribution in [2.24, 2.45) is 0 Å². The van der Waals surface area contributed by atoms with E-state index < -0.39 is 4.92 Å². The summed E-state index contributed by atoms with van der Waals surface area (Å²) in [4.78, 5) is 10.1. The van der Waals surface area contributed by atoms with E-state index in [-0.39, 0.29) is 11.6 Å². The summed E-state index contributed by atoms with van der Waals surface area (Å²) in [6.45, 7) is 0. The van der Waals surface area contributed by atoms with E-state index in [4.69, 9.17) is 0 Å². The van der Waals surface area contributed by atoms with Gasteiger partial charge in [-0.05, 0) is 17.5 Å². The fraction of sp³-hybridized carbons (Fsp3) is 0.133. The van der Waals surface area contributed by atoms with Crippen molar-refractivity contribution in [3.8, 4) is 6.07 Å². The highest BCUT2D eigenvalue weighted by atomic mass is 16.6. The van der Waals surface area contributed by atoms with Gasteiger partial charge in [0.2, 0.25) is 0 Å². The first kappa shape index (κ1) is 12.8. The summed E-state index contributed by atoms with van der Waals surface area (Å²) in [5.74, 6) is -0.289. The molecule has 2 rings (SSSR count). The van der Waals surface area contributed by atoms with Crippen LogP contribution in [0.25, 0.3) is 0 Å². The molecule has 0 aliphatic rings. The monoisotopic (exact) mass is 252 g/mol. The fourth-order valence-electron chi connectivity index (χ4n) is 1.92. The van der Waals surface area contributed by atoms with Crippen molar-refractivity contribution in [2.45, 2.75) is 12.3 Å². The molecule has 0 spiro atoms. The molecular formula is C15H12N2O2. The molecule has 2 aromatic rings. The minimum atomic E-state index is -0.442. The maximum atomic E-state index is 10.6. The minimum absolute atomic E-state index is 0.0418. The SMILES string of the molecule is N#CC(Cc1ccccc1)c1ccc([N+](=O)[O-])cc1. The van der Waals surface area contributed by atoms with E-state index in [1.165, 1.54) is 12.1 Å². The highest BCUT2D eigenvalue weighted by Gasteiger charge is 2.13. The van der Waals surface area contributed by atoms with Crippen molar-refractivity contribution >= 4 is 5.69 Å². The van der Waals surface area contributed by atoms with E-state index >= 15 is 0 Å². The largest absolute Gasteiger partial charge is 0.269 e. The molecule has 0 fully saturated rings. The molecule has 4 nitrogen and oxygen atoms in total. The van der Waals surface area contributed by atoms with Crippen molar-refractivity contribution < 1.29 is 4.92 Å². The lowest BCUT2D eigenvalue weighted by atomic mass is 9.93. The Balaban J connectivity index is 2.18. The smallest absolute Gasteiger partial charge is 0.258 e. The Morgan fingerprint density at radius 1 is 1.11 bits per heavy atom. The first-order chi connectivity index (χ1) is 9.20. The fourth-order valence-corrected chi connectivity index (χ4v) is 1.92. The van der Waals surface area contributed by atoms with Crippen molar-refractivity contribution in [3.63, 3.8) is 0 Å². The lowest BCUT2D eigenvalue weighted by molar-refractivity contribution is -0.384. The molecule has 0 N–H and O–H groups in total. The lowest BCUT2D eigenvalue weighted by Gasteiger charge is -2.09. The molecule has 1 unspecified atom stereocenters. The first-order valence-electron chi connectivity index (χ1n) is 5.88. The molecule has 0 radical (unpaired) electrons. The van der Waals surface area contributed by atoms with E-state index in [0.29, 0.717) is 6.42 Å². The molecule has 0 amide bonds. The van der Waals surface area contributed by atoms with E-state index in [9.17, 15) is 15.4 Å². The van der Waals surface area contributed by atoms with E-state index in [1.54, 1.807) is 12.1 Å². The van der Waals surface area contributed by atoms with Crippen molar-refractivity contribution in [1.29, 1.82) is 5.26 Å². The summed E-state index contributed by atoms with van der Waals surface area (Å²) in [7, 11) is 0. The zero-order valence-corrected chi connectivity index (χ0v) is 10.2. The van der Waals surface area contributed by atoms with Gasteiger partial charge in [0.1, 0.15) is 0 Å². The van der Waals surface area contributed by atoms with Crippen molar-refractivity contribution in [2.75, 3.05) is 0 Å². The van der Waals surface area contributed by atoms with Crippen LogP contribution >= 0.6 is 0 Å². The van der Waals surface area contributed by atoms with Gasteiger partial charge in [0.15, 0.2) is 0 Å². The molecular weight excluding hydrogens is 240 g/mol. The van der Waals surface area contributed by atoms with Crippen molar-refractivity contribution in [1.82, 2.24) is 0 Å². The van der Waals surface area contributed by atoms with Gasteiger partial charge < -0.3 is 0 Å². The molecule has 0 saturated carbocycles. The van der Waals surface area contributed by atoms with Gasteiger partial charge in [-0.1, -0.05) is 42.5 Å². The van der Waals surface area contributed by atoms with Gasteiger partial charge in [-0.15, -0.1) is 0 Å². The molecule has 0 aliphatic heterocycles. The maximum absolute atomic E-state index is 10.6. The van der Waals surface area contributed by atoms with Gasteiger partial charge in [-0.3, -0.25) is 10.1 Å². The van der Waals surface area contributed by atoms with Crippen LogP contribution < -0.4 is 0 Å². The molecule has 4 heteroatoms. The van der Waals surface area contributed by atoms with Gasteiger partial charge in [0, 0.05) is 12.1 Å². The van der Waals surface area contributed by atoms with Gasteiger partial charge in [-0.2, -0.15) is 5.26 Å². The minimum Gasteiger partial charge on any atom is -0.258 e. The number of nitro benzene ring substituents is 1. The lowest BCUT2D eigenvalue weighted by Crippen LogP contribution is -2.00. The van der Waals surface area contributed by atoms with Crippen LogP contribution in [0.2, 0.25) is 0 Å². The van der Waals surface area contributed by atoms with Crippen LogP contribution in [-0.2, 0) is 6.42 Å². The molecule has 19 heavy (non-hydrogen) atoms. The maximum Gasteiger partial charge on any atom is 0.269 e. The van der Waals surface area contributed by atoms with Crippen LogP contribution in [0.5, 0.6) is 0 Å². The predicted octanol–water partition coefficient (Wildman–Crippen LogP) is 3.44. The summed E-state index contributed by atoms with van der Waals surface area (Å²) in [5.41, 5.74) is 1.92. The average molecular weight is 252 g/mol. The van der Waals surface area contributed by atoms with E-state index in [0.717, 1.165) is 11.1 Å². The molecule has 0 aromatic heterocycles. The Labute approximate surface area is 111 Å². The highest BCUT2D eigenvalue weighted by Crippen LogP contribution is 2.22. The number of hydrogen-bond donors (Lipinski definition) is 0. The number of rotatable bonds is 4. The van der Waals surface area contributed by atoms with Gasteiger partial charge >= 0.3 is 0 Å². The Hall–Kier alpha value is -2.67. The zero-order valence-electron chi connectivity index (χ0n) is 10.2. The number of nitrogens with zero attached hydrogens (tertiary/aromatic N) is 2. The summed E-state index contributed by atoms with van der Waals surface area (Å²) in [6.07, 6.45) is 0.606. The number of nitro groups is 1. The number of hydrogen-bond acceptors (Lipinski definition) is 3. The number of nitriles is 1. The summed E-state index contributed by atoms with van der Waals surface area (Å²) in [5, 5.41) is 19.8. The molecule has 0 aliphatic carbocycles. The first-order valence-corrected chi connectivity index (χ1v) is 5.88. The van der Waals surface area contributed by atoms with E-state index in [1.807, 2.05) is 30.3 Å². The molecule has 0 bridgehead atoms. The number of benzene rings is 2. The summed E-state index contributed by atoms with van der Waals surface area (Å²) < 4.78 is 0. The predicted molar refractivity (Wildman–Crippen MR) is 71.6 cm³/mol. The third kappa shape index (κ3) is 3.17. The molecule has 1 atom stereocenters. The van der Waals surface area contributed by atoms with Crippen LogP contribution in [0.4, 0.5) is 5.69 Å². The summed E-state index contributed by atoms with van der Waals surface area (Å²) in [6, 6.07) is 18.1. The Morgan fingerprint density at radius 2 is 1.74 bits per heavy atom. The summed E-state index contributed by atoms with van der Waals surface area (Å²) >= 11 is 0. The molecule has 0 saturated heterocycles. The molecule has 2 aromatic carbocycles. The van der Waals surface area contributed by atoms with Crippen LogP contribution in [0.3, 0.4) is 0 Å². The van der Waals surface area contributed by atoms with Gasteiger partial charge in [0.05, 0.1) is 16.9 Å². The second-order valence-electron chi connectivity index (χ2n) is 4.22. The van der Waals surface area contributed by atoms with E-state index in [2.05, 4.69) is 6.07 Å². The van der Waals surface area contributed by atoms with Crippen LogP contribution in [-0.4, -0.2) is 4.92 Å².